The summed E-state index contributed by atoms with van der Waals surface area (Å²) in [7, 11) is 0. The van der Waals surface area contributed by atoms with E-state index in [0.717, 1.165) is 10.0 Å². The number of nitrogens with zero attached hydrogens (tertiary/aromatic N) is 1. The number of carbonyl (C=O) groups excluding carboxylic acids is 2. The van der Waals surface area contributed by atoms with Gasteiger partial charge in [0.05, 0.1) is 18.2 Å². The number of phenolic OH excluding ortho intramolecular Hbond substituents is 1. The Morgan fingerprint density at radius 3 is 2.46 bits per heavy atom. The maximum atomic E-state index is 13.4. The number of anilines is 1. The van der Waals surface area contributed by atoms with Crippen LogP contribution < -0.4 is 9.64 Å². The molecule has 35 heavy (non-hydrogen) atoms. The van der Waals surface area contributed by atoms with Gasteiger partial charge in [-0.1, -0.05) is 39.7 Å². The highest BCUT2D eigenvalue weighted by molar-refractivity contribution is 9.10. The molecule has 0 aromatic heterocycles. The van der Waals surface area contributed by atoms with E-state index in [-0.39, 0.29) is 22.8 Å². The quantitative estimate of drug-likeness (QED) is 0.214. The number of hydrogen-bond acceptors (Lipinski definition) is 5. The molecule has 1 fully saturated rings. The Balaban J connectivity index is 1.99. The number of rotatable bonds is 5. The average molecular weight is 557 g/mol. The van der Waals surface area contributed by atoms with Gasteiger partial charge in [-0.05, 0) is 79.9 Å². The predicted octanol–water partition coefficient (Wildman–Crippen LogP) is 6.45. The summed E-state index contributed by atoms with van der Waals surface area (Å²) in [6.07, 6.45) is 0. The molecule has 180 valence electrons. The number of Topliss-reactive ketones (excluding diaryl/α,β-unsaturated/α-hetero) is 1. The smallest absolute Gasteiger partial charge is 0.300 e. The maximum absolute atomic E-state index is 13.4. The van der Waals surface area contributed by atoms with E-state index in [1.165, 1.54) is 11.0 Å². The van der Waals surface area contributed by atoms with Crippen LogP contribution in [0.4, 0.5) is 5.69 Å². The van der Waals surface area contributed by atoms with E-state index in [1.807, 2.05) is 6.92 Å². The highest BCUT2D eigenvalue weighted by Crippen LogP contribution is 2.45. The molecule has 4 rings (SSSR count). The molecule has 0 aliphatic carbocycles. The lowest BCUT2D eigenvalue weighted by Crippen LogP contribution is -2.30. The zero-order chi connectivity index (χ0) is 25.4. The van der Waals surface area contributed by atoms with Crippen LogP contribution >= 0.6 is 27.5 Å². The number of aliphatic hydroxyl groups excluding tert-OH is 1. The van der Waals surface area contributed by atoms with Crippen molar-refractivity contribution in [3.8, 4) is 11.5 Å². The van der Waals surface area contributed by atoms with Crippen molar-refractivity contribution in [2.45, 2.75) is 26.8 Å². The molecule has 1 aliphatic heterocycles. The molecule has 1 heterocycles. The topological polar surface area (TPSA) is 87.1 Å². The number of aliphatic hydroxyl groups is 1. The Morgan fingerprint density at radius 1 is 1.06 bits per heavy atom. The van der Waals surface area contributed by atoms with E-state index < -0.39 is 17.7 Å². The number of carbonyl (C=O) groups is 2. The number of amides is 1. The largest absolute Gasteiger partial charge is 0.507 e. The fourth-order valence-electron chi connectivity index (χ4n) is 4.20. The monoisotopic (exact) mass is 555 g/mol. The van der Waals surface area contributed by atoms with Gasteiger partial charge in [-0.25, -0.2) is 0 Å². The van der Waals surface area contributed by atoms with Gasteiger partial charge in [0.15, 0.2) is 11.5 Å². The van der Waals surface area contributed by atoms with Crippen LogP contribution in [-0.2, 0) is 9.59 Å². The minimum absolute atomic E-state index is 0.0563. The summed E-state index contributed by atoms with van der Waals surface area (Å²) in [6.45, 7) is 5.75. The van der Waals surface area contributed by atoms with E-state index in [4.69, 9.17) is 16.3 Å². The van der Waals surface area contributed by atoms with Crippen LogP contribution in [0.5, 0.6) is 11.5 Å². The van der Waals surface area contributed by atoms with Gasteiger partial charge in [-0.15, -0.1) is 0 Å². The molecule has 8 heteroatoms. The van der Waals surface area contributed by atoms with Gasteiger partial charge in [0, 0.05) is 20.7 Å². The minimum Gasteiger partial charge on any atom is -0.507 e. The van der Waals surface area contributed by atoms with Crippen molar-refractivity contribution in [3.05, 3.63) is 91.9 Å². The van der Waals surface area contributed by atoms with Gasteiger partial charge < -0.3 is 14.9 Å². The summed E-state index contributed by atoms with van der Waals surface area (Å²) in [5, 5.41) is 22.0. The molecule has 1 atom stereocenters. The highest BCUT2D eigenvalue weighted by Gasteiger charge is 2.47. The third-order valence-electron chi connectivity index (χ3n) is 5.89. The Labute approximate surface area is 216 Å². The number of hydrogen-bond donors (Lipinski definition) is 2. The second-order valence-corrected chi connectivity index (χ2v) is 9.51. The zero-order valence-electron chi connectivity index (χ0n) is 19.3. The summed E-state index contributed by atoms with van der Waals surface area (Å²) in [5.41, 5.74) is 2.88. The van der Waals surface area contributed by atoms with E-state index in [1.54, 1.807) is 62.4 Å². The number of aromatic hydroxyl groups is 1. The molecule has 6 nitrogen and oxygen atoms in total. The van der Waals surface area contributed by atoms with Crippen LogP contribution in [0.2, 0.25) is 5.02 Å². The van der Waals surface area contributed by atoms with Crippen molar-refractivity contribution >= 4 is 50.7 Å². The molecule has 1 unspecified atom stereocenters. The fraction of sp³-hybridized carbons (Fsp3) is 0.185. The van der Waals surface area contributed by atoms with E-state index in [9.17, 15) is 19.8 Å². The molecule has 1 saturated heterocycles. The second-order valence-electron chi connectivity index (χ2n) is 8.22. The Bertz CT molecular complexity index is 1380. The fourth-order valence-corrected chi connectivity index (χ4v) is 4.68. The first kappa shape index (κ1) is 24.8. The normalized spacial score (nSPS) is 17.2. The summed E-state index contributed by atoms with van der Waals surface area (Å²) in [4.78, 5) is 28.1. The van der Waals surface area contributed by atoms with Crippen LogP contribution in [0.15, 0.2) is 64.6 Å². The first-order valence-corrected chi connectivity index (χ1v) is 12.1. The molecular formula is C27H23BrClNO5. The molecule has 0 bridgehead atoms. The number of phenols is 1. The van der Waals surface area contributed by atoms with Crippen LogP contribution in [-0.4, -0.2) is 28.5 Å². The molecule has 0 spiro atoms. The Morgan fingerprint density at radius 2 is 1.80 bits per heavy atom. The lowest BCUT2D eigenvalue weighted by Gasteiger charge is -2.27. The third kappa shape index (κ3) is 4.54. The van der Waals surface area contributed by atoms with Crippen molar-refractivity contribution in [2.24, 2.45) is 0 Å². The summed E-state index contributed by atoms with van der Waals surface area (Å²) in [5.74, 6) is -1.74. The summed E-state index contributed by atoms with van der Waals surface area (Å²) < 4.78 is 6.39. The van der Waals surface area contributed by atoms with Gasteiger partial charge in [0.2, 0.25) is 0 Å². The molecule has 0 radical (unpaired) electrons. The number of benzene rings is 3. The van der Waals surface area contributed by atoms with Crippen LogP contribution in [0.3, 0.4) is 0 Å². The molecule has 1 aliphatic rings. The summed E-state index contributed by atoms with van der Waals surface area (Å²) >= 11 is 9.57. The molecular weight excluding hydrogens is 534 g/mol. The van der Waals surface area contributed by atoms with Gasteiger partial charge in [0.1, 0.15) is 5.76 Å². The van der Waals surface area contributed by atoms with E-state index in [0.29, 0.717) is 34.0 Å². The second kappa shape index (κ2) is 9.76. The molecule has 2 N–H and O–H groups in total. The van der Waals surface area contributed by atoms with Gasteiger partial charge in [0.25, 0.3) is 11.7 Å². The van der Waals surface area contributed by atoms with Crippen LogP contribution in [0.25, 0.3) is 5.76 Å². The van der Waals surface area contributed by atoms with Gasteiger partial charge in [-0.3, -0.25) is 14.5 Å². The Kier molecular flexibility index (Phi) is 6.92. The van der Waals surface area contributed by atoms with E-state index >= 15 is 0 Å². The number of ether oxygens (including phenoxy) is 1. The lowest BCUT2D eigenvalue weighted by molar-refractivity contribution is -0.132. The average Bonchev–Trinajstić information content (AvgIpc) is 3.07. The van der Waals surface area contributed by atoms with Crippen molar-refractivity contribution in [3.63, 3.8) is 0 Å². The molecule has 0 saturated carbocycles. The van der Waals surface area contributed by atoms with Crippen LogP contribution in [0, 0.1) is 13.8 Å². The van der Waals surface area contributed by atoms with E-state index in [2.05, 4.69) is 15.9 Å². The van der Waals surface area contributed by atoms with Crippen molar-refractivity contribution in [2.75, 3.05) is 11.5 Å². The minimum atomic E-state index is -0.960. The number of aryl methyl sites for hydroxylation is 2. The van der Waals surface area contributed by atoms with Gasteiger partial charge >= 0.3 is 0 Å². The third-order valence-corrected chi connectivity index (χ3v) is 7.02. The predicted molar refractivity (Wildman–Crippen MR) is 139 cm³/mol. The number of halogens is 2. The highest BCUT2D eigenvalue weighted by atomic mass is 79.9. The molecule has 3 aromatic rings. The zero-order valence-corrected chi connectivity index (χ0v) is 21.6. The van der Waals surface area contributed by atoms with Crippen molar-refractivity contribution in [1.29, 1.82) is 0 Å². The first-order valence-electron chi connectivity index (χ1n) is 10.9. The summed E-state index contributed by atoms with van der Waals surface area (Å²) in [6, 6.07) is 13.9. The SMILES string of the molecule is CCOc1cc(C2/C(=C(\O)c3ccc(Br)c(C)c3)C(=O)C(=O)N2c2ccc(Cl)cc2C)ccc1O. The number of ketones is 1. The standard InChI is InChI=1S/C27H23BrClNO5/c1-4-35-22-13-16(6-10-21(22)31)24-23(25(32)17-5-8-19(28)14(2)11-17)26(33)27(34)30(24)20-9-7-18(29)12-15(20)3/h5-13,24,31-32H,4H2,1-3H3/b25-23+. The Hall–Kier alpha value is -3.29. The van der Waals surface area contributed by atoms with Gasteiger partial charge in [-0.2, -0.15) is 0 Å². The lowest BCUT2D eigenvalue weighted by atomic mass is 9.94. The van der Waals surface area contributed by atoms with Crippen LogP contribution in [0.1, 0.15) is 35.2 Å². The van der Waals surface area contributed by atoms with Crippen molar-refractivity contribution < 1.29 is 24.5 Å². The maximum Gasteiger partial charge on any atom is 0.300 e. The van der Waals surface area contributed by atoms with Crippen molar-refractivity contribution in [1.82, 2.24) is 0 Å². The molecule has 3 aromatic carbocycles. The molecule has 1 amide bonds. The first-order chi connectivity index (χ1) is 16.6.